The number of aliphatic hydroxyl groups excluding tert-OH is 1. The van der Waals surface area contributed by atoms with Crippen LogP contribution in [0.3, 0.4) is 0 Å². The summed E-state index contributed by atoms with van der Waals surface area (Å²) in [5, 5.41) is 13.9. The molecule has 1 N–H and O–H groups in total. The van der Waals surface area contributed by atoms with E-state index in [9.17, 15) is 9.90 Å². The van der Waals surface area contributed by atoms with Crippen molar-refractivity contribution in [3.63, 3.8) is 0 Å². The van der Waals surface area contributed by atoms with Crippen LogP contribution >= 0.6 is 0 Å². The lowest BCUT2D eigenvalue weighted by molar-refractivity contribution is 0.0111. The average molecular weight is 443 g/mol. The van der Waals surface area contributed by atoms with Crippen LogP contribution in [-0.2, 0) is 10.2 Å². The van der Waals surface area contributed by atoms with E-state index in [4.69, 9.17) is 14.2 Å². The zero-order valence-corrected chi connectivity index (χ0v) is 19.7. The topological polar surface area (TPSA) is 91.9 Å². The summed E-state index contributed by atoms with van der Waals surface area (Å²) in [6.07, 6.45) is 0.415. The van der Waals surface area contributed by atoms with Crippen molar-refractivity contribution in [2.45, 2.75) is 57.5 Å². The Morgan fingerprint density at radius 3 is 2.50 bits per heavy atom. The molecule has 0 aliphatic carbocycles. The molecule has 2 aromatic rings. The van der Waals surface area contributed by atoms with Crippen molar-refractivity contribution < 1.29 is 19.2 Å². The van der Waals surface area contributed by atoms with Gasteiger partial charge in [0.25, 0.3) is 0 Å². The smallest absolute Gasteiger partial charge is 0.320 e. The van der Waals surface area contributed by atoms with Crippen molar-refractivity contribution >= 4 is 6.03 Å². The normalized spacial score (nSPS) is 22.2. The third kappa shape index (κ3) is 4.52. The monoisotopic (exact) mass is 442 g/mol. The molecule has 2 unspecified atom stereocenters. The second kappa shape index (κ2) is 8.83. The van der Waals surface area contributed by atoms with Crippen molar-refractivity contribution in [3.8, 4) is 0 Å². The molecule has 1 aromatic carbocycles. The molecule has 4 rings (SSSR count). The van der Waals surface area contributed by atoms with E-state index < -0.39 is 6.10 Å². The van der Waals surface area contributed by atoms with Gasteiger partial charge >= 0.3 is 6.03 Å². The maximum absolute atomic E-state index is 13.1. The first kappa shape index (κ1) is 22.7. The van der Waals surface area contributed by atoms with E-state index in [1.54, 1.807) is 12.0 Å². The molecule has 2 atom stereocenters. The Bertz CT molecular complexity index is 967. The Hall–Kier alpha value is -2.45. The first-order valence-corrected chi connectivity index (χ1v) is 11.3. The van der Waals surface area contributed by atoms with Gasteiger partial charge in [-0.05, 0) is 37.0 Å². The molecule has 0 bridgehead atoms. The standard InChI is InChI=1S/C24H34N4O4/c1-15-6-7-17(8-16(15)2)18-9-19(11-27(10-18)23(30)28-12-20(29)13-28)21-25-22(26-32-21)24(3,4)14-31-5/h6-8,18-20,29H,9-14H2,1-5H3. The summed E-state index contributed by atoms with van der Waals surface area (Å²) in [5.74, 6) is 1.31. The van der Waals surface area contributed by atoms with Gasteiger partial charge in [0.1, 0.15) is 0 Å². The first-order valence-electron chi connectivity index (χ1n) is 11.3. The third-order valence-corrected chi connectivity index (χ3v) is 6.76. The Balaban J connectivity index is 1.60. The number of aromatic nitrogens is 2. The molecular formula is C24H34N4O4. The van der Waals surface area contributed by atoms with Gasteiger partial charge < -0.3 is 24.2 Å². The van der Waals surface area contributed by atoms with Crippen LogP contribution in [0.25, 0.3) is 0 Å². The predicted octanol–water partition coefficient (Wildman–Crippen LogP) is 2.98. The van der Waals surface area contributed by atoms with Crippen LogP contribution in [0.2, 0.25) is 0 Å². The molecule has 0 radical (unpaired) electrons. The van der Waals surface area contributed by atoms with Crippen molar-refractivity contribution in [3.05, 3.63) is 46.6 Å². The minimum absolute atomic E-state index is 0.0340. The molecule has 1 aromatic heterocycles. The van der Waals surface area contributed by atoms with Crippen LogP contribution in [0.1, 0.15) is 60.5 Å². The van der Waals surface area contributed by atoms with Crippen molar-refractivity contribution in [2.75, 3.05) is 39.9 Å². The number of benzene rings is 1. The highest BCUT2D eigenvalue weighted by atomic mass is 16.5. The van der Waals surface area contributed by atoms with E-state index >= 15 is 0 Å². The second-order valence-corrected chi connectivity index (χ2v) is 9.99. The number of methoxy groups -OCH3 is 1. The van der Waals surface area contributed by atoms with Crippen molar-refractivity contribution in [1.29, 1.82) is 0 Å². The van der Waals surface area contributed by atoms with Gasteiger partial charge in [0.2, 0.25) is 5.89 Å². The Morgan fingerprint density at radius 1 is 1.16 bits per heavy atom. The lowest BCUT2D eigenvalue weighted by Crippen LogP contribution is -2.59. The highest BCUT2D eigenvalue weighted by molar-refractivity contribution is 5.75. The van der Waals surface area contributed by atoms with Gasteiger partial charge in [-0.1, -0.05) is 37.2 Å². The van der Waals surface area contributed by atoms with Crippen molar-refractivity contribution in [2.24, 2.45) is 0 Å². The summed E-state index contributed by atoms with van der Waals surface area (Å²) >= 11 is 0. The molecule has 8 heteroatoms. The van der Waals surface area contributed by atoms with E-state index in [1.807, 2.05) is 18.7 Å². The fourth-order valence-corrected chi connectivity index (χ4v) is 4.61. The van der Waals surface area contributed by atoms with Crippen LogP contribution in [0.15, 0.2) is 22.7 Å². The largest absolute Gasteiger partial charge is 0.389 e. The molecule has 3 heterocycles. The number of piperidine rings is 1. The molecular weight excluding hydrogens is 408 g/mol. The minimum Gasteiger partial charge on any atom is -0.389 e. The summed E-state index contributed by atoms with van der Waals surface area (Å²) in [6, 6.07) is 6.49. The van der Waals surface area contributed by atoms with E-state index in [0.29, 0.717) is 44.5 Å². The average Bonchev–Trinajstić information content (AvgIpc) is 3.24. The van der Waals surface area contributed by atoms with Crippen LogP contribution in [0.5, 0.6) is 0 Å². The molecule has 2 aliphatic heterocycles. The molecule has 2 aliphatic rings. The number of carbonyl (C=O) groups excluding carboxylic acids is 1. The highest BCUT2D eigenvalue weighted by Crippen LogP contribution is 2.37. The number of hydrogen-bond donors (Lipinski definition) is 1. The molecule has 0 saturated carbocycles. The van der Waals surface area contributed by atoms with Crippen molar-refractivity contribution in [1.82, 2.24) is 19.9 Å². The van der Waals surface area contributed by atoms with Crippen LogP contribution in [0, 0.1) is 13.8 Å². The van der Waals surface area contributed by atoms with Crippen LogP contribution in [0.4, 0.5) is 4.79 Å². The molecule has 174 valence electrons. The number of likely N-dealkylation sites (tertiary alicyclic amines) is 2. The highest BCUT2D eigenvalue weighted by Gasteiger charge is 2.39. The predicted molar refractivity (Wildman–Crippen MR) is 120 cm³/mol. The van der Waals surface area contributed by atoms with Crippen LogP contribution < -0.4 is 0 Å². The number of urea groups is 1. The number of rotatable bonds is 5. The number of nitrogens with zero attached hydrogens (tertiary/aromatic N) is 4. The fourth-order valence-electron chi connectivity index (χ4n) is 4.61. The molecule has 8 nitrogen and oxygen atoms in total. The number of ether oxygens (including phenoxy) is 1. The summed E-state index contributed by atoms with van der Waals surface area (Å²) in [4.78, 5) is 21.4. The van der Waals surface area contributed by atoms with Gasteiger partial charge in [0, 0.05) is 26.1 Å². The van der Waals surface area contributed by atoms with Gasteiger partial charge in [-0.15, -0.1) is 0 Å². The molecule has 2 fully saturated rings. The Morgan fingerprint density at radius 2 is 1.84 bits per heavy atom. The van der Waals surface area contributed by atoms with Gasteiger partial charge in [0.05, 0.1) is 37.1 Å². The summed E-state index contributed by atoms with van der Waals surface area (Å²) < 4.78 is 11.0. The van der Waals surface area contributed by atoms with Gasteiger partial charge in [-0.25, -0.2) is 4.79 Å². The maximum Gasteiger partial charge on any atom is 0.320 e. The third-order valence-electron chi connectivity index (χ3n) is 6.76. The molecule has 2 amide bonds. The van der Waals surface area contributed by atoms with E-state index in [0.717, 1.165) is 6.42 Å². The quantitative estimate of drug-likeness (QED) is 0.765. The van der Waals surface area contributed by atoms with E-state index in [2.05, 4.69) is 37.2 Å². The van der Waals surface area contributed by atoms with Crippen LogP contribution in [-0.4, -0.2) is 77.1 Å². The number of aliphatic hydroxyl groups is 1. The molecule has 2 saturated heterocycles. The van der Waals surface area contributed by atoms with E-state index in [1.165, 1.54) is 16.7 Å². The Kier molecular flexibility index (Phi) is 6.27. The SMILES string of the molecule is COCC(C)(C)c1noc(C2CC(c3ccc(C)c(C)c3)CN(C(=O)N3CC(O)C3)C2)n1. The summed E-state index contributed by atoms with van der Waals surface area (Å²) in [5.41, 5.74) is 3.36. The Labute approximate surface area is 189 Å². The molecule has 0 spiro atoms. The van der Waals surface area contributed by atoms with Gasteiger partial charge in [-0.2, -0.15) is 4.98 Å². The number of β-amino-alcohol motifs (C(OH)–C–C–N with tert-alkyl or cyclic N) is 1. The minimum atomic E-state index is -0.420. The summed E-state index contributed by atoms with van der Waals surface area (Å²) in [7, 11) is 1.66. The fraction of sp³-hybridized carbons (Fsp3) is 0.625. The lowest BCUT2D eigenvalue weighted by Gasteiger charge is -2.43. The van der Waals surface area contributed by atoms with Gasteiger partial charge in [-0.3, -0.25) is 0 Å². The zero-order chi connectivity index (χ0) is 23.0. The zero-order valence-electron chi connectivity index (χ0n) is 19.7. The number of hydrogen-bond acceptors (Lipinski definition) is 6. The number of amides is 2. The number of aryl methyl sites for hydroxylation is 2. The molecule has 32 heavy (non-hydrogen) atoms. The lowest BCUT2D eigenvalue weighted by atomic mass is 9.83. The van der Waals surface area contributed by atoms with E-state index in [-0.39, 0.29) is 23.3 Å². The number of carbonyl (C=O) groups is 1. The second-order valence-electron chi connectivity index (χ2n) is 9.99. The first-order chi connectivity index (χ1) is 15.2. The summed E-state index contributed by atoms with van der Waals surface area (Å²) in [6.45, 7) is 10.7. The maximum atomic E-state index is 13.1. The van der Waals surface area contributed by atoms with Gasteiger partial charge in [0.15, 0.2) is 5.82 Å².